The van der Waals surface area contributed by atoms with Crippen LogP contribution in [0.4, 0.5) is 0 Å². The minimum absolute atomic E-state index is 0.0101. The summed E-state index contributed by atoms with van der Waals surface area (Å²) in [5.41, 5.74) is 0. The van der Waals surface area contributed by atoms with Crippen LogP contribution in [0.1, 0.15) is 117 Å². The van der Waals surface area contributed by atoms with Gasteiger partial charge in [-0.1, -0.05) is 131 Å². The minimum atomic E-state index is -1.45. The molecule has 2 aliphatic carbocycles. The number of amides is 1. The smallest absolute Gasteiger partial charge is 0.222 e. The maximum absolute atomic E-state index is 12.2. The Morgan fingerprint density at radius 3 is 1.58 bits per heavy atom. The van der Waals surface area contributed by atoms with Gasteiger partial charge in [0.15, 0.2) is 4.33 Å². The van der Waals surface area contributed by atoms with Crippen molar-refractivity contribution in [3.8, 4) is 0 Å². The van der Waals surface area contributed by atoms with E-state index in [0.717, 1.165) is 77.2 Å². The van der Waals surface area contributed by atoms with E-state index in [-0.39, 0.29) is 17.7 Å². The van der Waals surface area contributed by atoms with Crippen molar-refractivity contribution in [2.45, 2.75) is 131 Å². The predicted molar refractivity (Wildman–Crippen MR) is 160 cm³/mol. The fraction of sp³-hybridized carbons (Fsp3) is 0.893. The van der Waals surface area contributed by atoms with Gasteiger partial charge in [0.2, 0.25) is 5.91 Å². The third-order valence-electron chi connectivity index (χ3n) is 8.30. The van der Waals surface area contributed by atoms with E-state index in [2.05, 4.69) is 13.8 Å². The molecule has 0 spiro atoms. The second-order valence-electron chi connectivity index (χ2n) is 10.9. The standard InChI is InChI=1S/C28H45Cl6NO/c1-4-6-8-9-11-14-17-21-22(27(32)25(30)24(29)26(21,31)28(27,33)34)18-15-12-10-13-16-19-23(36)35(3)20-7-5-2/h21-22H,4-20H2,1-3H3/t21-,22-,26+,27+/m1/s1. The first-order valence-electron chi connectivity index (χ1n) is 14.1. The molecule has 0 saturated heterocycles. The molecule has 4 atom stereocenters. The Kier molecular flexibility index (Phi) is 13.9. The van der Waals surface area contributed by atoms with Gasteiger partial charge in [0.25, 0.3) is 0 Å². The lowest BCUT2D eigenvalue weighted by Crippen LogP contribution is -2.44. The molecule has 0 heterocycles. The lowest BCUT2D eigenvalue weighted by Gasteiger charge is -2.37. The molecule has 0 radical (unpaired) electrons. The van der Waals surface area contributed by atoms with Crippen LogP contribution in [0.5, 0.6) is 0 Å². The molecule has 0 aromatic carbocycles. The average Bonchev–Trinajstić information content (AvgIpc) is 3.04. The lowest BCUT2D eigenvalue weighted by molar-refractivity contribution is -0.130. The Bertz CT molecular complexity index is 744. The zero-order valence-corrected chi connectivity index (χ0v) is 26.8. The van der Waals surface area contributed by atoms with Gasteiger partial charge in [-0.2, -0.15) is 0 Å². The first-order chi connectivity index (χ1) is 17.0. The van der Waals surface area contributed by atoms with Gasteiger partial charge in [-0.25, -0.2) is 0 Å². The van der Waals surface area contributed by atoms with Crippen molar-refractivity contribution >= 4 is 75.5 Å². The first kappa shape index (κ1) is 33.2. The summed E-state index contributed by atoms with van der Waals surface area (Å²) in [6.45, 7) is 5.22. The number of alkyl halides is 4. The van der Waals surface area contributed by atoms with Gasteiger partial charge >= 0.3 is 0 Å². The fourth-order valence-electron chi connectivity index (χ4n) is 6.03. The summed E-state index contributed by atoms with van der Waals surface area (Å²) in [4.78, 5) is 11.8. The third kappa shape index (κ3) is 6.80. The van der Waals surface area contributed by atoms with Crippen molar-refractivity contribution in [3.05, 3.63) is 10.1 Å². The number of hydrogen-bond acceptors (Lipinski definition) is 1. The van der Waals surface area contributed by atoms with Crippen molar-refractivity contribution in [1.29, 1.82) is 0 Å². The highest BCUT2D eigenvalue weighted by Crippen LogP contribution is 2.77. The molecular formula is C28H45Cl6NO. The molecule has 2 rings (SSSR count). The van der Waals surface area contributed by atoms with Crippen molar-refractivity contribution in [1.82, 2.24) is 4.90 Å². The molecule has 0 aliphatic heterocycles. The zero-order valence-electron chi connectivity index (χ0n) is 22.3. The van der Waals surface area contributed by atoms with Crippen LogP contribution in [0.2, 0.25) is 0 Å². The summed E-state index contributed by atoms with van der Waals surface area (Å²) in [6.07, 6.45) is 16.9. The fourth-order valence-corrected chi connectivity index (χ4v) is 9.18. The van der Waals surface area contributed by atoms with Gasteiger partial charge in [-0.3, -0.25) is 4.79 Å². The van der Waals surface area contributed by atoms with E-state index in [1.807, 2.05) is 11.9 Å². The summed E-state index contributed by atoms with van der Waals surface area (Å²) in [7, 11) is 1.90. The maximum Gasteiger partial charge on any atom is 0.222 e. The second-order valence-corrected chi connectivity index (χ2v) is 14.1. The molecule has 0 unspecified atom stereocenters. The van der Waals surface area contributed by atoms with Crippen LogP contribution in [-0.4, -0.2) is 38.5 Å². The van der Waals surface area contributed by atoms with E-state index in [0.29, 0.717) is 16.5 Å². The van der Waals surface area contributed by atoms with E-state index in [1.165, 1.54) is 25.7 Å². The van der Waals surface area contributed by atoms with Crippen LogP contribution >= 0.6 is 69.6 Å². The van der Waals surface area contributed by atoms with E-state index in [4.69, 9.17) is 69.6 Å². The molecule has 2 nitrogen and oxygen atoms in total. The van der Waals surface area contributed by atoms with Gasteiger partial charge in [0.05, 0.1) is 10.1 Å². The van der Waals surface area contributed by atoms with Crippen molar-refractivity contribution in [3.63, 3.8) is 0 Å². The predicted octanol–water partition coefficient (Wildman–Crippen LogP) is 10.8. The average molecular weight is 624 g/mol. The summed E-state index contributed by atoms with van der Waals surface area (Å²) in [5, 5.41) is 0.646. The molecule has 36 heavy (non-hydrogen) atoms. The topological polar surface area (TPSA) is 20.3 Å². The van der Waals surface area contributed by atoms with E-state index >= 15 is 0 Å². The molecule has 0 aromatic heterocycles. The van der Waals surface area contributed by atoms with Crippen molar-refractivity contribution in [2.24, 2.45) is 11.8 Å². The molecule has 8 heteroatoms. The number of fused-ring (bicyclic) bond motifs is 2. The highest BCUT2D eigenvalue weighted by molar-refractivity contribution is 6.65. The van der Waals surface area contributed by atoms with Crippen molar-refractivity contribution < 1.29 is 4.79 Å². The van der Waals surface area contributed by atoms with Crippen LogP contribution in [0.3, 0.4) is 0 Å². The molecule has 1 fully saturated rings. The first-order valence-corrected chi connectivity index (χ1v) is 16.3. The van der Waals surface area contributed by atoms with Crippen LogP contribution < -0.4 is 0 Å². The summed E-state index contributed by atoms with van der Waals surface area (Å²) >= 11 is 41.4. The third-order valence-corrected chi connectivity index (χ3v) is 12.6. The van der Waals surface area contributed by atoms with Crippen LogP contribution in [-0.2, 0) is 4.79 Å². The highest BCUT2D eigenvalue weighted by Gasteiger charge is 2.81. The van der Waals surface area contributed by atoms with Gasteiger partial charge < -0.3 is 4.90 Å². The Morgan fingerprint density at radius 1 is 0.694 bits per heavy atom. The summed E-state index contributed by atoms with van der Waals surface area (Å²) < 4.78 is -1.45. The zero-order chi connectivity index (χ0) is 27.0. The van der Waals surface area contributed by atoms with Crippen LogP contribution in [0.15, 0.2) is 10.1 Å². The van der Waals surface area contributed by atoms with E-state index in [1.54, 1.807) is 0 Å². The molecule has 2 bridgehead atoms. The summed E-state index contributed by atoms with van der Waals surface area (Å²) in [5.74, 6) is 0.216. The Hall–Kier alpha value is 0.950. The lowest BCUT2D eigenvalue weighted by atomic mass is 9.76. The molecule has 2 aliphatic rings. The number of nitrogens with zero attached hydrogens (tertiary/aromatic N) is 1. The van der Waals surface area contributed by atoms with Crippen molar-refractivity contribution in [2.75, 3.05) is 13.6 Å². The Morgan fingerprint density at radius 2 is 1.11 bits per heavy atom. The normalized spacial score (nSPS) is 28.8. The highest BCUT2D eigenvalue weighted by atomic mass is 35.5. The molecule has 0 N–H and O–H groups in total. The largest absolute Gasteiger partial charge is 0.346 e. The second kappa shape index (κ2) is 15.1. The quantitative estimate of drug-likeness (QED) is 0.110. The van der Waals surface area contributed by atoms with Gasteiger partial charge in [0, 0.05) is 20.0 Å². The molecular weight excluding hydrogens is 579 g/mol. The Balaban J connectivity index is 1.88. The number of rotatable bonds is 18. The SMILES string of the molecule is CCCCCCCC[C@@H]1[C@@H](CCCCCCCC(=O)N(C)CCCC)[C@]2(Cl)C(Cl)=C(Cl)[C@]1(Cl)C2(Cl)Cl. The molecule has 210 valence electrons. The number of carbonyl (C=O) groups excluding carboxylic acids is 1. The van der Waals surface area contributed by atoms with Gasteiger partial charge in [-0.05, 0) is 37.5 Å². The Labute approximate surface area is 250 Å². The minimum Gasteiger partial charge on any atom is -0.346 e. The van der Waals surface area contributed by atoms with Crippen LogP contribution in [0.25, 0.3) is 0 Å². The van der Waals surface area contributed by atoms with Gasteiger partial charge in [-0.15, -0.1) is 23.2 Å². The monoisotopic (exact) mass is 621 g/mol. The molecule has 1 amide bonds. The van der Waals surface area contributed by atoms with E-state index < -0.39 is 14.1 Å². The van der Waals surface area contributed by atoms with Gasteiger partial charge in [0.1, 0.15) is 9.75 Å². The number of allylic oxidation sites excluding steroid dienone is 2. The molecule has 0 aromatic rings. The maximum atomic E-state index is 12.2. The number of halogens is 6. The van der Waals surface area contributed by atoms with E-state index in [9.17, 15) is 4.79 Å². The molecule has 1 saturated carbocycles. The van der Waals surface area contributed by atoms with Crippen LogP contribution in [0, 0.1) is 11.8 Å². The summed E-state index contributed by atoms with van der Waals surface area (Å²) in [6, 6.07) is 0. The number of carbonyl (C=O) groups is 1. The number of unbranched alkanes of at least 4 members (excludes halogenated alkanes) is 10. The number of hydrogen-bond donors (Lipinski definition) is 0.